The maximum absolute atomic E-state index is 11.9. The summed E-state index contributed by atoms with van der Waals surface area (Å²) in [5, 5.41) is 8.96. The fourth-order valence-corrected chi connectivity index (χ4v) is 2.23. The van der Waals surface area contributed by atoms with Crippen LogP contribution in [0, 0.1) is 0 Å². The Morgan fingerprint density at radius 1 is 1.35 bits per heavy atom. The third-order valence-corrected chi connectivity index (χ3v) is 3.26. The van der Waals surface area contributed by atoms with E-state index in [9.17, 15) is 9.59 Å². The SMILES string of the molecule is O=C1NC[C@@H](C(=O)NCc2cccc3cccnc23)N1. The molecule has 3 N–H and O–H groups in total. The Balaban J connectivity index is 1.71. The topological polar surface area (TPSA) is 83.1 Å². The lowest BCUT2D eigenvalue weighted by atomic mass is 10.1. The molecule has 0 spiro atoms. The van der Waals surface area contributed by atoms with Gasteiger partial charge in [0.25, 0.3) is 0 Å². The van der Waals surface area contributed by atoms with Crippen molar-refractivity contribution in [1.29, 1.82) is 0 Å². The van der Waals surface area contributed by atoms with E-state index in [0.717, 1.165) is 16.5 Å². The van der Waals surface area contributed by atoms with Gasteiger partial charge < -0.3 is 16.0 Å². The maximum atomic E-state index is 11.9. The van der Waals surface area contributed by atoms with Gasteiger partial charge in [0.2, 0.25) is 5.91 Å². The first-order valence-corrected chi connectivity index (χ1v) is 6.39. The predicted octanol–water partition coefficient (Wildman–Crippen LogP) is 0.532. The van der Waals surface area contributed by atoms with Gasteiger partial charge in [-0.1, -0.05) is 24.3 Å². The zero-order valence-corrected chi connectivity index (χ0v) is 10.7. The minimum Gasteiger partial charge on any atom is -0.350 e. The fraction of sp³-hybridized carbons (Fsp3) is 0.214. The summed E-state index contributed by atoms with van der Waals surface area (Å²) in [6.07, 6.45) is 1.73. The van der Waals surface area contributed by atoms with Crippen LogP contribution in [0.15, 0.2) is 36.5 Å². The fourth-order valence-electron chi connectivity index (χ4n) is 2.23. The number of amides is 3. The zero-order chi connectivity index (χ0) is 13.9. The molecule has 0 radical (unpaired) electrons. The van der Waals surface area contributed by atoms with Crippen LogP contribution in [0.5, 0.6) is 0 Å². The first-order valence-electron chi connectivity index (χ1n) is 6.39. The van der Waals surface area contributed by atoms with Gasteiger partial charge in [-0.05, 0) is 11.6 Å². The molecule has 0 saturated carbocycles. The quantitative estimate of drug-likeness (QED) is 0.761. The van der Waals surface area contributed by atoms with Crippen LogP contribution in [0.25, 0.3) is 10.9 Å². The number of aromatic nitrogens is 1. The minimum absolute atomic E-state index is 0.198. The number of rotatable bonds is 3. The van der Waals surface area contributed by atoms with Crippen molar-refractivity contribution in [2.45, 2.75) is 12.6 Å². The summed E-state index contributed by atoms with van der Waals surface area (Å²) in [6.45, 7) is 0.706. The molecular weight excluding hydrogens is 256 g/mol. The van der Waals surface area contributed by atoms with Crippen LogP contribution in [-0.4, -0.2) is 29.5 Å². The van der Waals surface area contributed by atoms with Crippen LogP contribution in [0.1, 0.15) is 5.56 Å². The largest absolute Gasteiger partial charge is 0.350 e. The van der Waals surface area contributed by atoms with Crippen molar-refractivity contribution in [3.63, 3.8) is 0 Å². The van der Waals surface area contributed by atoms with Crippen LogP contribution >= 0.6 is 0 Å². The molecule has 6 nitrogen and oxygen atoms in total. The zero-order valence-electron chi connectivity index (χ0n) is 10.7. The first kappa shape index (κ1) is 12.4. The van der Waals surface area contributed by atoms with Gasteiger partial charge >= 0.3 is 6.03 Å². The lowest BCUT2D eigenvalue weighted by Gasteiger charge is -2.11. The van der Waals surface area contributed by atoms with Gasteiger partial charge in [-0.25, -0.2) is 4.79 Å². The Kier molecular flexibility index (Phi) is 3.20. The van der Waals surface area contributed by atoms with Gasteiger partial charge in [-0.2, -0.15) is 0 Å². The van der Waals surface area contributed by atoms with Crippen molar-refractivity contribution < 1.29 is 9.59 Å². The Morgan fingerprint density at radius 2 is 2.20 bits per heavy atom. The van der Waals surface area contributed by atoms with Gasteiger partial charge in [0, 0.05) is 24.7 Å². The molecule has 102 valence electrons. The summed E-state index contributed by atoms with van der Waals surface area (Å²) in [5.41, 5.74) is 1.83. The summed E-state index contributed by atoms with van der Waals surface area (Å²) in [6, 6.07) is 8.89. The van der Waals surface area contributed by atoms with Crippen LogP contribution in [-0.2, 0) is 11.3 Å². The highest BCUT2D eigenvalue weighted by Crippen LogP contribution is 2.15. The van der Waals surface area contributed by atoms with Crippen LogP contribution < -0.4 is 16.0 Å². The smallest absolute Gasteiger partial charge is 0.315 e. The van der Waals surface area contributed by atoms with E-state index in [1.54, 1.807) is 6.20 Å². The van der Waals surface area contributed by atoms with Crippen LogP contribution in [0.4, 0.5) is 4.79 Å². The molecule has 1 fully saturated rings. The summed E-state index contributed by atoms with van der Waals surface area (Å²) < 4.78 is 0. The molecule has 2 heterocycles. The molecule has 6 heteroatoms. The first-order chi connectivity index (χ1) is 9.74. The molecule has 20 heavy (non-hydrogen) atoms. The van der Waals surface area contributed by atoms with E-state index in [-0.39, 0.29) is 11.9 Å². The number of benzene rings is 1. The Morgan fingerprint density at radius 3 is 3.00 bits per heavy atom. The van der Waals surface area contributed by atoms with Crippen molar-refractivity contribution in [2.24, 2.45) is 0 Å². The lowest BCUT2D eigenvalue weighted by Crippen LogP contribution is -2.42. The third kappa shape index (κ3) is 2.40. The average molecular weight is 270 g/mol. The van der Waals surface area contributed by atoms with Crippen molar-refractivity contribution in [3.8, 4) is 0 Å². The molecule has 1 aromatic carbocycles. The molecule has 0 bridgehead atoms. The predicted molar refractivity (Wildman–Crippen MR) is 73.9 cm³/mol. The van der Waals surface area contributed by atoms with E-state index in [2.05, 4.69) is 20.9 Å². The molecule has 1 aliphatic heterocycles. The average Bonchev–Trinajstić information content (AvgIpc) is 2.91. The van der Waals surface area contributed by atoms with Crippen molar-refractivity contribution in [1.82, 2.24) is 20.9 Å². The number of pyridine rings is 1. The summed E-state index contributed by atoms with van der Waals surface area (Å²) in [4.78, 5) is 27.2. The second kappa shape index (κ2) is 5.16. The van der Waals surface area contributed by atoms with Gasteiger partial charge in [0.05, 0.1) is 5.52 Å². The van der Waals surface area contributed by atoms with Crippen molar-refractivity contribution >= 4 is 22.8 Å². The van der Waals surface area contributed by atoms with Gasteiger partial charge in [0.15, 0.2) is 0 Å². The highest BCUT2D eigenvalue weighted by atomic mass is 16.2. The number of carbonyl (C=O) groups is 2. The Hall–Kier alpha value is -2.63. The molecule has 0 unspecified atom stereocenters. The molecule has 3 amide bonds. The Labute approximate surface area is 115 Å². The van der Waals surface area contributed by atoms with Gasteiger partial charge in [-0.15, -0.1) is 0 Å². The normalized spacial score (nSPS) is 17.6. The van der Waals surface area contributed by atoms with Crippen LogP contribution in [0.2, 0.25) is 0 Å². The van der Waals surface area contributed by atoms with Crippen LogP contribution in [0.3, 0.4) is 0 Å². The molecule has 0 aliphatic carbocycles. The molecule has 2 aromatic rings. The van der Waals surface area contributed by atoms with E-state index < -0.39 is 6.04 Å². The summed E-state index contributed by atoms with van der Waals surface area (Å²) in [7, 11) is 0. The minimum atomic E-state index is -0.509. The lowest BCUT2D eigenvalue weighted by molar-refractivity contribution is -0.122. The van der Waals surface area contributed by atoms with E-state index in [0.29, 0.717) is 13.1 Å². The molecule has 3 rings (SSSR count). The monoisotopic (exact) mass is 270 g/mol. The van der Waals surface area contributed by atoms with Crippen molar-refractivity contribution in [3.05, 3.63) is 42.1 Å². The summed E-state index contributed by atoms with van der Waals surface area (Å²) >= 11 is 0. The third-order valence-electron chi connectivity index (χ3n) is 3.26. The molecule has 1 atom stereocenters. The Bertz CT molecular complexity index is 666. The number of carbonyl (C=O) groups excluding carboxylic acids is 2. The van der Waals surface area contributed by atoms with Crippen molar-refractivity contribution in [2.75, 3.05) is 6.54 Å². The number of nitrogens with zero attached hydrogens (tertiary/aromatic N) is 1. The molecule has 1 aliphatic rings. The van der Waals surface area contributed by atoms with Gasteiger partial charge in [0.1, 0.15) is 6.04 Å². The maximum Gasteiger partial charge on any atom is 0.315 e. The highest BCUT2D eigenvalue weighted by molar-refractivity contribution is 5.90. The van der Waals surface area contributed by atoms with E-state index >= 15 is 0 Å². The second-order valence-corrected chi connectivity index (χ2v) is 4.62. The van der Waals surface area contributed by atoms with Gasteiger partial charge in [-0.3, -0.25) is 9.78 Å². The number of urea groups is 1. The number of nitrogens with one attached hydrogen (secondary N) is 3. The molecular formula is C14H14N4O2. The molecule has 1 saturated heterocycles. The van der Waals surface area contributed by atoms with E-state index in [1.165, 1.54) is 0 Å². The number of hydrogen-bond donors (Lipinski definition) is 3. The van der Waals surface area contributed by atoms with E-state index in [4.69, 9.17) is 0 Å². The highest BCUT2D eigenvalue weighted by Gasteiger charge is 2.26. The second-order valence-electron chi connectivity index (χ2n) is 4.62. The summed E-state index contributed by atoms with van der Waals surface area (Å²) in [5.74, 6) is -0.198. The number of fused-ring (bicyclic) bond motifs is 1. The van der Waals surface area contributed by atoms with E-state index in [1.807, 2.05) is 30.3 Å². The number of para-hydroxylation sites is 1. The standard InChI is InChI=1S/C14H14N4O2/c19-13(11-8-17-14(20)18-11)16-7-10-4-1-3-9-5-2-6-15-12(9)10/h1-6,11H,7-8H2,(H,16,19)(H2,17,18,20)/t11-/m0/s1. The number of hydrogen-bond acceptors (Lipinski definition) is 3. The molecule has 1 aromatic heterocycles.